The third-order valence-electron chi connectivity index (χ3n) is 16.6. The summed E-state index contributed by atoms with van der Waals surface area (Å²) in [6, 6.07) is 55.0. The number of aromatic nitrogens is 6. The molecule has 12 rings (SSSR count). The van der Waals surface area contributed by atoms with E-state index in [0.717, 1.165) is 106 Å². The van der Waals surface area contributed by atoms with E-state index in [1.54, 1.807) is 98.4 Å². The lowest BCUT2D eigenvalue weighted by atomic mass is 10.0. The van der Waals surface area contributed by atoms with Crippen LogP contribution in [-0.4, -0.2) is 0 Å². The van der Waals surface area contributed by atoms with Crippen molar-refractivity contribution >= 4 is 0 Å². The number of aryl methyl sites for hydroxylation is 20. The van der Waals surface area contributed by atoms with Gasteiger partial charge in [0, 0.05) is 127 Å². The molecule has 0 atom stereocenters. The number of nitrogens with zero attached hydrogens (tertiary/aromatic N) is 6. The largest absolute Gasteiger partial charge is 0.215 e. The molecule has 0 aliphatic heterocycles. The fourth-order valence-electron chi connectivity index (χ4n) is 11.1. The van der Waals surface area contributed by atoms with Crippen molar-refractivity contribution in [3.05, 3.63) is 320 Å². The molecule has 0 spiro atoms. The first-order valence-corrected chi connectivity index (χ1v) is 31.5. The van der Waals surface area contributed by atoms with Gasteiger partial charge in [0.15, 0.2) is 37.2 Å². The third kappa shape index (κ3) is 19.0. The molecule has 486 valence electrons. The van der Waals surface area contributed by atoms with E-state index in [0.29, 0.717) is 45.5 Å². The molecule has 0 amide bonds. The van der Waals surface area contributed by atoms with Crippen molar-refractivity contribution in [3.8, 4) is 67.5 Å². The number of rotatable bonds is 6. The van der Waals surface area contributed by atoms with E-state index in [4.69, 9.17) is 30.2 Å². The summed E-state index contributed by atoms with van der Waals surface area (Å²) < 4.78 is 178. The first kappa shape index (κ1) is 47.2. The van der Waals surface area contributed by atoms with Gasteiger partial charge in [0.2, 0.25) is 34.2 Å². The highest BCUT2D eigenvalue weighted by Gasteiger charge is 2.19. The van der Waals surface area contributed by atoms with E-state index in [9.17, 15) is 0 Å². The highest BCUT2D eigenvalue weighted by atomic mass is 14.9. The Morgan fingerprint density at radius 1 is 0.242 bits per heavy atom. The number of hydrogen-bond acceptors (Lipinski definition) is 0. The van der Waals surface area contributed by atoms with Gasteiger partial charge in [-0.1, -0.05) is 109 Å². The maximum atomic E-state index is 8.32. The standard InChI is InChI=1S/5C15H18N.C14H16N/c1-11-9-13(3)15(16(4)10-11)14-8-6-5-7-12(14)2;4*1-11-7-5-6-8-14(11)15-9-12(2)13(3)10-16(15)4;1-11-8-9-14(15(3)10-11)13-7-5-4-6-12(13)2/h5*5-10H,1-4H3;4-10H,1-3H3/q6*+1/i1D3;3D3,10D;3D3,9D;3D3,5D;3D3;1D3,4D. The van der Waals surface area contributed by atoms with Crippen LogP contribution in [0.25, 0.3) is 67.5 Å². The minimum atomic E-state index is -2.26. The second-order valence-corrected chi connectivity index (χ2v) is 24.3. The van der Waals surface area contributed by atoms with Crippen molar-refractivity contribution in [1.82, 2.24) is 0 Å². The second-order valence-electron chi connectivity index (χ2n) is 24.3. The Kier molecular flexibility index (Phi) is 16.6. The molecule has 0 aliphatic rings. The zero-order chi connectivity index (χ0) is 87.9. The van der Waals surface area contributed by atoms with E-state index < -0.39 is 41.1 Å². The van der Waals surface area contributed by atoms with Crippen LogP contribution in [-0.2, 0) is 42.3 Å². The van der Waals surface area contributed by atoms with E-state index in [-0.39, 0.29) is 23.3 Å². The summed E-state index contributed by atoms with van der Waals surface area (Å²) in [4.78, 5) is 0. The van der Waals surface area contributed by atoms with Crippen molar-refractivity contribution in [2.45, 2.75) is 117 Å². The third-order valence-corrected chi connectivity index (χ3v) is 16.6. The van der Waals surface area contributed by atoms with Gasteiger partial charge in [0.05, 0.1) is 4.11 Å². The summed E-state index contributed by atoms with van der Waals surface area (Å²) in [5.74, 6) is 0. The highest BCUT2D eigenvalue weighted by Crippen LogP contribution is 2.27. The summed E-state index contributed by atoms with van der Waals surface area (Å²) >= 11 is 0. The van der Waals surface area contributed by atoms with Crippen LogP contribution in [0.15, 0.2) is 225 Å². The molecule has 0 bridgehead atoms. The monoisotopic (exact) mass is 1280 g/mol. The molecular formula is C89H106N6+6. The lowest BCUT2D eigenvalue weighted by Gasteiger charge is -2.07. The lowest BCUT2D eigenvalue weighted by Crippen LogP contribution is -2.32. The topological polar surface area (TPSA) is 23.3 Å². The Balaban J connectivity index is 0.000000194. The minimum absolute atomic E-state index is 0.0447. The first-order chi connectivity index (χ1) is 54.1. The van der Waals surface area contributed by atoms with Crippen LogP contribution in [0.5, 0.6) is 0 Å². The predicted octanol–water partition coefficient (Wildman–Crippen LogP) is 18.3. The van der Waals surface area contributed by atoms with Gasteiger partial charge in [0.1, 0.15) is 43.7 Å². The second kappa shape index (κ2) is 33.4. The van der Waals surface area contributed by atoms with Crippen molar-refractivity contribution in [2.24, 2.45) is 42.3 Å². The smallest absolute Gasteiger partial charge is 0.201 e. The van der Waals surface area contributed by atoms with Crippen molar-refractivity contribution in [2.75, 3.05) is 0 Å². The van der Waals surface area contributed by atoms with E-state index in [1.807, 2.05) is 210 Å². The van der Waals surface area contributed by atoms with Crippen molar-refractivity contribution in [3.63, 3.8) is 0 Å². The molecule has 12 aromatic rings. The maximum absolute atomic E-state index is 8.32. The fraction of sp³-hybridized carbons (Fsp3) is 0.258. The Hall–Kier alpha value is -9.78. The molecule has 6 aromatic heterocycles. The average molecular weight is 1280 g/mol. The van der Waals surface area contributed by atoms with Crippen LogP contribution in [0, 0.1) is 117 Å². The first-order valence-electron chi connectivity index (χ1n) is 42.5. The van der Waals surface area contributed by atoms with Crippen LogP contribution < -0.4 is 27.4 Å². The molecule has 0 aliphatic carbocycles. The lowest BCUT2D eigenvalue weighted by molar-refractivity contribution is -0.661. The van der Waals surface area contributed by atoms with Gasteiger partial charge in [-0.05, 0) is 221 Å². The molecule has 95 heavy (non-hydrogen) atoms. The minimum Gasteiger partial charge on any atom is -0.201 e. The zero-order valence-electron chi connectivity index (χ0n) is 80.2. The Morgan fingerprint density at radius 2 is 0.589 bits per heavy atom. The van der Waals surface area contributed by atoms with Gasteiger partial charge in [-0.25, -0.2) is 27.4 Å². The molecule has 0 N–H and O–H groups in total. The summed E-state index contributed by atoms with van der Waals surface area (Å²) in [5, 5.41) is 0. The van der Waals surface area contributed by atoms with Gasteiger partial charge in [-0.3, -0.25) is 0 Å². The predicted molar refractivity (Wildman–Crippen MR) is 399 cm³/mol. The van der Waals surface area contributed by atoms with Crippen molar-refractivity contribution < 1.29 is 57.6 Å². The van der Waals surface area contributed by atoms with Gasteiger partial charge in [0.25, 0.3) is 0 Å². The summed E-state index contributed by atoms with van der Waals surface area (Å²) in [7, 11) is 11.0. The fourth-order valence-corrected chi connectivity index (χ4v) is 11.1. The molecule has 0 saturated carbocycles. The molecule has 0 radical (unpaired) electrons. The number of pyridine rings is 6. The Bertz CT molecular complexity index is 5570. The quantitative estimate of drug-likeness (QED) is 0.148. The van der Waals surface area contributed by atoms with Crippen LogP contribution in [0.1, 0.15) is 125 Å². The molecule has 0 unspecified atom stereocenters. The Morgan fingerprint density at radius 3 is 1.00 bits per heavy atom. The van der Waals surface area contributed by atoms with E-state index >= 15 is 0 Å². The van der Waals surface area contributed by atoms with Crippen LogP contribution in [0.2, 0.25) is 0 Å². The van der Waals surface area contributed by atoms with Gasteiger partial charge in [-0.2, -0.15) is 0 Å². The summed E-state index contributed by atoms with van der Waals surface area (Å²) in [5.41, 5.74) is 23.9. The molecule has 0 saturated heterocycles. The normalized spacial score (nSPS) is 14.7. The molecule has 6 heteroatoms. The van der Waals surface area contributed by atoms with Crippen LogP contribution in [0.4, 0.5) is 0 Å². The van der Waals surface area contributed by atoms with Gasteiger partial charge < -0.3 is 0 Å². The SMILES string of the molecule is [2H]C([2H])([2H])c1c[n+](C)c(-c2ccccc2C)cc1C.[2H]C([2H])([2H])c1cc(C)c(-c2ccccc2C)[n+](C)c1.[2H]c1c(C([2H])([2H])[2H])c(C)cc(-c2ccccc2C)[n+]1C.[2H]c1c(C)c(C([2H])([2H])[2H])c[n+](C)c1-c1ccccc1C.[2H]c1ccc(-c2cc(C)c(C([2H])([2H])[2H])c[n+]2C)c(C)c1.[2H]c1ccc(-c2ccc(C([2H])([2H])[2H])c[n+]2C)c(C)c1. The summed E-state index contributed by atoms with van der Waals surface area (Å²) in [6.07, 6.45) is 8.37. The van der Waals surface area contributed by atoms with Crippen LogP contribution >= 0.6 is 0 Å². The van der Waals surface area contributed by atoms with Gasteiger partial charge >= 0.3 is 0 Å². The zero-order valence-corrected chi connectivity index (χ0v) is 58.2. The summed E-state index contributed by atoms with van der Waals surface area (Å²) in [6.45, 7) is 8.34. The number of hydrogen-bond donors (Lipinski definition) is 0. The molecule has 6 nitrogen and oxygen atoms in total. The van der Waals surface area contributed by atoms with Crippen molar-refractivity contribution in [1.29, 1.82) is 0 Å². The number of benzene rings is 6. The molecule has 6 aromatic carbocycles. The maximum Gasteiger partial charge on any atom is 0.215 e. The Labute approximate surface area is 602 Å². The van der Waals surface area contributed by atoms with E-state index in [2.05, 4.69) is 38.1 Å². The highest BCUT2D eigenvalue weighted by molar-refractivity contribution is 5.66. The van der Waals surface area contributed by atoms with E-state index in [1.165, 1.54) is 11.1 Å². The molecule has 0 fully saturated rings. The van der Waals surface area contributed by atoms with Gasteiger partial charge in [-0.15, -0.1) is 0 Å². The average Bonchev–Trinajstić information content (AvgIpc) is 0.777. The molecule has 6 heterocycles. The van der Waals surface area contributed by atoms with Crippen LogP contribution in [0.3, 0.4) is 0 Å². The molecular weight excluding hydrogens is 1150 g/mol.